The van der Waals surface area contributed by atoms with Crippen molar-refractivity contribution in [2.24, 2.45) is 0 Å². The third kappa shape index (κ3) is 3.83. The summed E-state index contributed by atoms with van der Waals surface area (Å²) in [4.78, 5) is 20.3. The monoisotopic (exact) mass is 494 g/mol. The molecule has 184 valence electrons. The fourth-order valence-corrected chi connectivity index (χ4v) is 6.22. The van der Waals surface area contributed by atoms with Crippen LogP contribution in [0.3, 0.4) is 0 Å². The Labute approximate surface area is 202 Å². The molecule has 5 rings (SSSR count). The van der Waals surface area contributed by atoms with E-state index in [-0.39, 0.29) is 31.3 Å². The Kier molecular flexibility index (Phi) is 5.96. The summed E-state index contributed by atoms with van der Waals surface area (Å²) < 4.78 is 40.4. The first-order valence-corrected chi connectivity index (χ1v) is 12.5. The van der Waals surface area contributed by atoms with Crippen molar-refractivity contribution in [3.63, 3.8) is 0 Å². The fourth-order valence-electron chi connectivity index (χ4n) is 5.66. The third-order valence-electron chi connectivity index (χ3n) is 7.50. The lowest BCUT2D eigenvalue weighted by Gasteiger charge is -2.38. The number of carbonyl (C=O) groups excluding carboxylic acids is 1. The normalized spacial score (nSPS) is 19.0. The van der Waals surface area contributed by atoms with Crippen LogP contribution >= 0.6 is 11.6 Å². The first-order chi connectivity index (χ1) is 16.1. The maximum Gasteiger partial charge on any atom is 0.389 e. The Morgan fingerprint density at radius 1 is 1.21 bits per heavy atom. The van der Waals surface area contributed by atoms with Crippen molar-refractivity contribution in [2.75, 3.05) is 18.0 Å². The van der Waals surface area contributed by atoms with Gasteiger partial charge in [0.15, 0.2) is 0 Å². The lowest BCUT2D eigenvalue weighted by molar-refractivity contribution is -0.136. The summed E-state index contributed by atoms with van der Waals surface area (Å²) in [6.07, 6.45) is -1.33. The topological polar surface area (TPSA) is 50.2 Å². The highest BCUT2D eigenvalue weighted by Gasteiger charge is 2.56. The zero-order valence-corrected chi connectivity index (χ0v) is 20.3. The molecule has 1 spiro atoms. The number of hydrogen-bond acceptors (Lipinski definition) is 3. The van der Waals surface area contributed by atoms with E-state index in [0.717, 1.165) is 53.9 Å². The van der Waals surface area contributed by atoms with Crippen molar-refractivity contribution in [1.29, 1.82) is 0 Å². The number of aromatic nitrogens is 2. The van der Waals surface area contributed by atoms with Gasteiger partial charge < -0.3 is 14.8 Å². The summed E-state index contributed by atoms with van der Waals surface area (Å²) >= 11 is 6.87. The van der Waals surface area contributed by atoms with Gasteiger partial charge in [0.1, 0.15) is 11.2 Å². The van der Waals surface area contributed by atoms with E-state index in [1.165, 1.54) is 0 Å². The van der Waals surface area contributed by atoms with Crippen LogP contribution in [0, 0.1) is 0 Å². The smallest absolute Gasteiger partial charge is 0.330 e. The lowest BCUT2D eigenvalue weighted by Crippen LogP contribution is -2.62. The largest absolute Gasteiger partial charge is 0.389 e. The van der Waals surface area contributed by atoms with E-state index < -0.39 is 18.0 Å². The summed E-state index contributed by atoms with van der Waals surface area (Å²) in [5.41, 5.74) is 4.01. The number of amides is 1. The Bertz CT molecular complexity index is 1120. The molecule has 0 saturated carbocycles. The van der Waals surface area contributed by atoms with Crippen molar-refractivity contribution in [2.45, 2.75) is 83.0 Å². The molecule has 3 aliphatic rings. The summed E-state index contributed by atoms with van der Waals surface area (Å²) in [7, 11) is 0. The van der Waals surface area contributed by atoms with Gasteiger partial charge in [-0.05, 0) is 49.7 Å². The summed E-state index contributed by atoms with van der Waals surface area (Å²) in [5, 5.41) is 3.89. The highest BCUT2D eigenvalue weighted by atomic mass is 35.5. The number of imidazole rings is 1. The predicted molar refractivity (Wildman–Crippen MR) is 125 cm³/mol. The number of carbonyl (C=O) groups is 1. The van der Waals surface area contributed by atoms with Crippen molar-refractivity contribution in [1.82, 2.24) is 14.9 Å². The highest BCUT2D eigenvalue weighted by molar-refractivity contribution is 6.34. The van der Waals surface area contributed by atoms with Crippen LogP contribution in [-0.2, 0) is 36.1 Å². The molecule has 0 atom stereocenters. The molecule has 1 saturated heterocycles. The fraction of sp³-hybridized carbons (Fsp3) is 0.600. The van der Waals surface area contributed by atoms with Crippen molar-refractivity contribution in [3.05, 3.63) is 45.5 Å². The second-order valence-corrected chi connectivity index (χ2v) is 10.5. The zero-order valence-electron chi connectivity index (χ0n) is 19.6. The highest BCUT2D eigenvalue weighted by Crippen LogP contribution is 2.50. The first kappa shape index (κ1) is 23.7. The predicted octanol–water partition coefficient (Wildman–Crippen LogP) is 5.27. The quantitative estimate of drug-likeness (QED) is 0.595. The molecule has 5 nitrogen and oxygen atoms in total. The molecule has 2 aromatic rings. The Hall–Kier alpha value is -2.06. The van der Waals surface area contributed by atoms with Crippen LogP contribution < -0.4 is 10.2 Å². The Balaban J connectivity index is 1.51. The van der Waals surface area contributed by atoms with Crippen LogP contribution in [0.25, 0.3) is 0 Å². The number of benzene rings is 1. The molecule has 0 bridgehead atoms. The van der Waals surface area contributed by atoms with Gasteiger partial charge in [0.25, 0.3) is 0 Å². The van der Waals surface area contributed by atoms with Crippen LogP contribution in [0.5, 0.6) is 0 Å². The van der Waals surface area contributed by atoms with Gasteiger partial charge in [0.05, 0.1) is 22.9 Å². The summed E-state index contributed by atoms with van der Waals surface area (Å²) in [5.74, 6) is 0.889. The molecule has 1 N–H and O–H groups in total. The second-order valence-electron chi connectivity index (χ2n) is 10.1. The van der Waals surface area contributed by atoms with Gasteiger partial charge in [-0.2, -0.15) is 13.2 Å². The number of nitrogens with one attached hydrogen (secondary N) is 1. The van der Waals surface area contributed by atoms with Gasteiger partial charge in [-0.3, -0.25) is 4.79 Å². The summed E-state index contributed by atoms with van der Waals surface area (Å²) in [6, 6.07) is 3.95. The van der Waals surface area contributed by atoms with E-state index >= 15 is 0 Å². The van der Waals surface area contributed by atoms with Gasteiger partial charge in [-0.15, -0.1) is 0 Å². The van der Waals surface area contributed by atoms with Crippen LogP contribution in [0.1, 0.15) is 73.8 Å². The molecule has 1 amide bonds. The van der Waals surface area contributed by atoms with E-state index in [4.69, 9.17) is 16.6 Å². The minimum atomic E-state index is -4.18. The van der Waals surface area contributed by atoms with Crippen molar-refractivity contribution >= 4 is 23.2 Å². The molecule has 1 aromatic carbocycles. The zero-order chi connectivity index (χ0) is 24.3. The molecule has 2 aliphatic heterocycles. The number of aryl methyl sites for hydroxylation is 1. The number of anilines is 1. The number of halogens is 4. The van der Waals surface area contributed by atoms with Crippen LogP contribution in [-0.4, -0.2) is 34.7 Å². The van der Waals surface area contributed by atoms with Gasteiger partial charge in [0, 0.05) is 37.3 Å². The average Bonchev–Trinajstić information content (AvgIpc) is 3.21. The summed E-state index contributed by atoms with van der Waals surface area (Å²) in [6.45, 7) is 5.72. The molecular weight excluding hydrogens is 465 g/mol. The number of nitrogens with zero attached hydrogens (tertiary/aromatic N) is 3. The van der Waals surface area contributed by atoms with E-state index in [0.29, 0.717) is 23.9 Å². The lowest BCUT2D eigenvalue weighted by atomic mass is 9.75. The first-order valence-electron chi connectivity index (χ1n) is 12.1. The van der Waals surface area contributed by atoms with E-state index in [1.807, 2.05) is 16.7 Å². The molecule has 3 heterocycles. The maximum atomic E-state index is 13.7. The maximum absolute atomic E-state index is 13.7. The number of hydrogen-bond donors (Lipinski definition) is 1. The van der Waals surface area contributed by atoms with Crippen LogP contribution in [0.2, 0.25) is 5.02 Å². The number of rotatable bonds is 6. The Morgan fingerprint density at radius 3 is 2.59 bits per heavy atom. The molecule has 34 heavy (non-hydrogen) atoms. The number of alkyl halides is 3. The molecule has 0 unspecified atom stereocenters. The minimum Gasteiger partial charge on any atom is -0.330 e. The second kappa shape index (κ2) is 8.55. The number of fused-ring (bicyclic) bond motifs is 3. The van der Waals surface area contributed by atoms with Gasteiger partial charge in [-0.1, -0.05) is 31.5 Å². The van der Waals surface area contributed by atoms with Crippen molar-refractivity contribution < 1.29 is 18.0 Å². The van der Waals surface area contributed by atoms with Gasteiger partial charge in [-0.25, -0.2) is 4.98 Å². The molecule has 1 aliphatic carbocycles. The van der Waals surface area contributed by atoms with Crippen LogP contribution in [0.4, 0.5) is 18.9 Å². The SMILES string of the molecule is CC(C)c1ccc2c(c1Cl)C1(CNC1)C(=O)N2Cc1nc2c(n1CCCC(F)(F)F)CCCC2. The molecule has 1 fully saturated rings. The standard InChI is InChI=1S/C25H30ClF3N4O/c1-15(2)16-8-9-19-21(22(16)26)24(13-30-14-24)23(34)33(19)12-20-31-17-6-3-4-7-18(17)32(20)11-5-10-25(27,28)29/h8-9,15,30H,3-7,10-14H2,1-2H3. The van der Waals surface area contributed by atoms with E-state index in [1.54, 1.807) is 4.90 Å². The van der Waals surface area contributed by atoms with E-state index in [2.05, 4.69) is 19.2 Å². The minimum absolute atomic E-state index is 0.00126. The van der Waals surface area contributed by atoms with Gasteiger partial charge in [0.2, 0.25) is 5.91 Å². The third-order valence-corrected chi connectivity index (χ3v) is 7.91. The van der Waals surface area contributed by atoms with Crippen LogP contribution in [0.15, 0.2) is 12.1 Å². The molecule has 1 aromatic heterocycles. The molecule has 9 heteroatoms. The van der Waals surface area contributed by atoms with Crippen molar-refractivity contribution in [3.8, 4) is 0 Å². The van der Waals surface area contributed by atoms with Gasteiger partial charge >= 0.3 is 6.18 Å². The van der Waals surface area contributed by atoms with E-state index in [9.17, 15) is 18.0 Å². The molecular formula is C25H30ClF3N4O. The Morgan fingerprint density at radius 2 is 1.94 bits per heavy atom. The average molecular weight is 495 g/mol. The molecule has 0 radical (unpaired) electrons.